The molecule has 4 nitrogen and oxygen atoms in total. The molecule has 0 spiro atoms. The Labute approximate surface area is 185 Å². The molecule has 0 bridgehead atoms. The average molecular weight is 432 g/mol. The van der Waals surface area contributed by atoms with Crippen LogP contribution in [0.2, 0.25) is 19.6 Å². The Bertz CT molecular complexity index is 1030. The summed E-state index contributed by atoms with van der Waals surface area (Å²) < 4.78 is 5.68. The molecule has 1 aliphatic heterocycles. The summed E-state index contributed by atoms with van der Waals surface area (Å²) in [5, 5.41) is 10.0. The van der Waals surface area contributed by atoms with Gasteiger partial charge in [-0.2, -0.15) is 0 Å². The first kappa shape index (κ1) is 22.6. The fourth-order valence-electron chi connectivity index (χ4n) is 3.52. The zero-order valence-electron chi connectivity index (χ0n) is 18.3. The molecular weight excluding hydrogens is 402 g/mol. The van der Waals surface area contributed by atoms with Crippen LogP contribution in [0.15, 0.2) is 73.3 Å². The van der Waals surface area contributed by atoms with Crippen molar-refractivity contribution in [1.82, 2.24) is 0 Å². The van der Waals surface area contributed by atoms with Gasteiger partial charge in [0.25, 0.3) is 0 Å². The Kier molecular flexibility index (Phi) is 7.16. The molecule has 2 atom stereocenters. The largest absolute Gasteiger partial charge is 0.421 e. The molecule has 160 valence electrons. The van der Waals surface area contributed by atoms with Crippen molar-refractivity contribution in [2.75, 3.05) is 11.5 Å². The van der Waals surface area contributed by atoms with Crippen molar-refractivity contribution in [3.05, 3.63) is 78.9 Å². The van der Waals surface area contributed by atoms with Crippen molar-refractivity contribution >= 4 is 25.4 Å². The molecule has 0 aromatic heterocycles. The van der Waals surface area contributed by atoms with Gasteiger partial charge >= 0.3 is 6.09 Å². The number of aliphatic hydroxyl groups excluding tert-OH is 1. The smallest absolute Gasteiger partial charge is 0.410 e. The van der Waals surface area contributed by atoms with E-state index >= 15 is 0 Å². The third kappa shape index (κ3) is 5.55. The molecule has 0 radical (unpaired) electrons. The third-order valence-electron chi connectivity index (χ3n) is 4.94. The number of rotatable bonds is 5. The van der Waals surface area contributed by atoms with E-state index in [-0.39, 0.29) is 12.5 Å². The quantitative estimate of drug-likeness (QED) is 0.385. The minimum atomic E-state index is -1.68. The standard InChI is InChI=1S/C26H29NO3Si/c1-5-11-20(19-28)24-18-21(16-17-31(2,3)4)27(25-15-10-9-14-23(24)25)26(29)30-22-12-7-6-8-13-22/h5-10,12-15,18,20-21,28H,1,11,19H2,2-4H3/t20-,21-/m1/s1. The van der Waals surface area contributed by atoms with Crippen LogP contribution in [-0.4, -0.2) is 31.9 Å². The maximum absolute atomic E-state index is 13.3. The maximum Gasteiger partial charge on any atom is 0.421 e. The van der Waals surface area contributed by atoms with Crippen LogP contribution in [0.4, 0.5) is 10.5 Å². The van der Waals surface area contributed by atoms with Crippen LogP contribution in [0.25, 0.3) is 5.57 Å². The highest BCUT2D eigenvalue weighted by molar-refractivity contribution is 6.83. The first-order valence-corrected chi connectivity index (χ1v) is 14.0. The lowest BCUT2D eigenvalue weighted by Crippen LogP contribution is -2.43. The van der Waals surface area contributed by atoms with Crippen molar-refractivity contribution in [2.24, 2.45) is 5.92 Å². The van der Waals surface area contributed by atoms with E-state index in [0.717, 1.165) is 16.8 Å². The first-order chi connectivity index (χ1) is 14.8. The molecule has 31 heavy (non-hydrogen) atoms. The van der Waals surface area contributed by atoms with Crippen molar-refractivity contribution in [1.29, 1.82) is 0 Å². The molecule has 3 rings (SSSR count). The molecule has 1 aliphatic rings. The normalized spacial score (nSPS) is 16.3. The fraction of sp³-hybridized carbons (Fsp3) is 0.269. The molecule has 1 amide bonds. The van der Waals surface area contributed by atoms with E-state index in [9.17, 15) is 9.90 Å². The van der Waals surface area contributed by atoms with Gasteiger partial charge in [0, 0.05) is 11.5 Å². The van der Waals surface area contributed by atoms with Crippen LogP contribution in [0.5, 0.6) is 5.75 Å². The van der Waals surface area contributed by atoms with E-state index < -0.39 is 20.2 Å². The number of hydrogen-bond donors (Lipinski definition) is 1. The molecule has 0 fully saturated rings. The van der Waals surface area contributed by atoms with Gasteiger partial charge in [-0.1, -0.05) is 68.0 Å². The number of carbonyl (C=O) groups excluding carboxylic acids is 1. The lowest BCUT2D eigenvalue weighted by molar-refractivity contribution is 0.207. The summed E-state index contributed by atoms with van der Waals surface area (Å²) in [6.45, 7) is 10.3. The second-order valence-corrected chi connectivity index (χ2v) is 13.3. The van der Waals surface area contributed by atoms with Gasteiger partial charge in [0.1, 0.15) is 19.9 Å². The number of nitrogens with zero attached hydrogens (tertiary/aromatic N) is 1. The van der Waals surface area contributed by atoms with Gasteiger partial charge in [-0.05, 0) is 36.3 Å². The minimum absolute atomic E-state index is 0.00514. The number of hydrogen-bond acceptors (Lipinski definition) is 3. The van der Waals surface area contributed by atoms with Crippen LogP contribution in [-0.2, 0) is 0 Å². The lowest BCUT2D eigenvalue weighted by atomic mass is 9.85. The van der Waals surface area contributed by atoms with Crippen LogP contribution in [0, 0.1) is 17.4 Å². The Morgan fingerprint density at radius 1 is 1.19 bits per heavy atom. The molecule has 2 aromatic rings. The molecule has 0 unspecified atom stereocenters. The molecular formula is C26H29NO3Si. The summed E-state index contributed by atoms with van der Waals surface area (Å²) >= 11 is 0. The van der Waals surface area contributed by atoms with Gasteiger partial charge in [-0.15, -0.1) is 12.1 Å². The second-order valence-electron chi connectivity index (χ2n) is 8.56. The van der Waals surface area contributed by atoms with Crippen molar-refractivity contribution in [3.63, 3.8) is 0 Å². The highest BCUT2D eigenvalue weighted by Gasteiger charge is 2.33. The second kappa shape index (κ2) is 9.82. The summed E-state index contributed by atoms with van der Waals surface area (Å²) in [5.41, 5.74) is 6.01. The SMILES string of the molecule is C=CC[C@H](CO)C1=C[C@@H](C#C[Si](C)(C)C)N(C(=O)Oc2ccccc2)c2ccccc21. The van der Waals surface area contributed by atoms with Crippen molar-refractivity contribution in [3.8, 4) is 17.2 Å². The predicted molar refractivity (Wildman–Crippen MR) is 130 cm³/mol. The zero-order valence-corrected chi connectivity index (χ0v) is 19.3. The minimum Gasteiger partial charge on any atom is -0.410 e. The van der Waals surface area contributed by atoms with Crippen LogP contribution >= 0.6 is 0 Å². The number of carbonyl (C=O) groups is 1. The Hall–Kier alpha value is -3.07. The highest BCUT2D eigenvalue weighted by atomic mass is 28.3. The summed E-state index contributed by atoms with van der Waals surface area (Å²) in [7, 11) is -1.68. The average Bonchev–Trinajstić information content (AvgIpc) is 2.75. The van der Waals surface area contributed by atoms with E-state index in [1.165, 1.54) is 0 Å². The molecule has 1 heterocycles. The zero-order chi connectivity index (χ0) is 22.4. The van der Waals surface area contributed by atoms with Crippen molar-refractivity contribution in [2.45, 2.75) is 32.1 Å². The van der Waals surface area contributed by atoms with Crippen molar-refractivity contribution < 1.29 is 14.6 Å². The topological polar surface area (TPSA) is 49.8 Å². The Morgan fingerprint density at radius 3 is 2.52 bits per heavy atom. The Morgan fingerprint density at radius 2 is 1.87 bits per heavy atom. The van der Waals surface area contributed by atoms with Crippen LogP contribution in [0.1, 0.15) is 12.0 Å². The summed E-state index contributed by atoms with van der Waals surface area (Å²) in [6.07, 6.45) is 3.96. The van der Waals surface area contributed by atoms with E-state index in [2.05, 4.69) is 37.7 Å². The van der Waals surface area contributed by atoms with E-state index in [1.54, 1.807) is 17.0 Å². The van der Waals surface area contributed by atoms with E-state index in [0.29, 0.717) is 12.2 Å². The van der Waals surface area contributed by atoms with Gasteiger partial charge in [-0.25, -0.2) is 4.79 Å². The third-order valence-corrected chi connectivity index (χ3v) is 5.84. The van der Waals surface area contributed by atoms with Gasteiger partial charge in [-0.3, -0.25) is 4.90 Å². The number of allylic oxidation sites excluding steroid dienone is 1. The van der Waals surface area contributed by atoms with Gasteiger partial charge in [0.15, 0.2) is 0 Å². The maximum atomic E-state index is 13.3. The lowest BCUT2D eigenvalue weighted by Gasteiger charge is -2.35. The van der Waals surface area contributed by atoms with E-state index in [4.69, 9.17) is 4.74 Å². The summed E-state index contributed by atoms with van der Waals surface area (Å²) in [5.74, 6) is 3.70. The summed E-state index contributed by atoms with van der Waals surface area (Å²) in [6, 6.07) is 16.3. The van der Waals surface area contributed by atoms with Crippen LogP contribution in [0.3, 0.4) is 0 Å². The predicted octanol–water partition coefficient (Wildman–Crippen LogP) is 5.52. The monoisotopic (exact) mass is 431 g/mol. The van der Waals surface area contributed by atoms with Gasteiger partial charge < -0.3 is 9.84 Å². The van der Waals surface area contributed by atoms with Crippen LogP contribution < -0.4 is 9.64 Å². The molecule has 1 N–H and O–H groups in total. The molecule has 2 aromatic carbocycles. The number of fused-ring (bicyclic) bond motifs is 1. The van der Waals surface area contributed by atoms with Gasteiger partial charge in [0.05, 0.1) is 12.3 Å². The Balaban J connectivity index is 2.10. The number of ether oxygens (including phenoxy) is 1. The number of anilines is 1. The highest BCUT2D eigenvalue weighted by Crippen LogP contribution is 2.39. The van der Waals surface area contributed by atoms with E-state index in [1.807, 2.05) is 54.6 Å². The summed E-state index contributed by atoms with van der Waals surface area (Å²) in [4.78, 5) is 14.9. The number of amides is 1. The number of aliphatic hydroxyl groups is 1. The molecule has 0 saturated carbocycles. The first-order valence-electron chi connectivity index (χ1n) is 10.5. The number of para-hydroxylation sites is 2. The molecule has 0 saturated heterocycles. The van der Waals surface area contributed by atoms with Gasteiger partial charge in [0.2, 0.25) is 0 Å². The fourth-order valence-corrected chi connectivity index (χ4v) is 4.10. The molecule has 0 aliphatic carbocycles. The molecule has 5 heteroatoms. The number of benzene rings is 2.